The van der Waals surface area contributed by atoms with E-state index in [4.69, 9.17) is 9.47 Å². The third-order valence-corrected chi connectivity index (χ3v) is 4.37. The molecule has 0 radical (unpaired) electrons. The second-order valence-electron chi connectivity index (χ2n) is 6.14. The van der Waals surface area contributed by atoms with Crippen molar-refractivity contribution >= 4 is 17.0 Å². The number of rotatable bonds is 7. The number of para-hydroxylation sites is 2. The zero-order valence-corrected chi connectivity index (χ0v) is 15.0. The van der Waals surface area contributed by atoms with Crippen LogP contribution in [0, 0.1) is 0 Å². The highest BCUT2D eigenvalue weighted by molar-refractivity contribution is 5.80. The zero-order chi connectivity index (χ0) is 17.5. The van der Waals surface area contributed by atoms with Crippen molar-refractivity contribution in [2.75, 3.05) is 33.4 Å². The molecular formula is C18H27N5O2. The lowest BCUT2D eigenvalue weighted by molar-refractivity contribution is 0.0420. The van der Waals surface area contributed by atoms with Crippen LogP contribution in [0.4, 0.5) is 0 Å². The quantitative estimate of drug-likeness (QED) is 0.451. The minimum absolute atomic E-state index is 0.273. The van der Waals surface area contributed by atoms with E-state index in [1.807, 2.05) is 25.2 Å². The van der Waals surface area contributed by atoms with Crippen molar-refractivity contribution in [3.8, 4) is 0 Å². The van der Waals surface area contributed by atoms with Crippen molar-refractivity contribution in [2.45, 2.75) is 25.5 Å². The fraction of sp³-hybridized carbons (Fsp3) is 0.556. The fourth-order valence-electron chi connectivity index (χ4n) is 2.91. The molecule has 1 atom stereocenters. The highest BCUT2D eigenvalue weighted by Crippen LogP contribution is 2.13. The minimum Gasteiger partial charge on any atom is -0.379 e. The number of aryl methyl sites for hydroxylation is 1. The molecule has 0 aliphatic carbocycles. The van der Waals surface area contributed by atoms with E-state index in [1.54, 1.807) is 7.05 Å². The van der Waals surface area contributed by atoms with Gasteiger partial charge in [0.15, 0.2) is 5.96 Å². The van der Waals surface area contributed by atoms with Crippen molar-refractivity contribution in [1.82, 2.24) is 20.2 Å². The first kappa shape index (κ1) is 17.7. The van der Waals surface area contributed by atoms with Gasteiger partial charge in [-0.1, -0.05) is 12.1 Å². The van der Waals surface area contributed by atoms with E-state index in [0.29, 0.717) is 6.54 Å². The first-order valence-corrected chi connectivity index (χ1v) is 8.82. The largest absolute Gasteiger partial charge is 0.379 e. The smallest absolute Gasteiger partial charge is 0.191 e. The molecule has 1 unspecified atom stereocenters. The summed E-state index contributed by atoms with van der Waals surface area (Å²) in [5, 5.41) is 6.62. The molecule has 25 heavy (non-hydrogen) atoms. The Kier molecular flexibility index (Phi) is 6.25. The van der Waals surface area contributed by atoms with E-state index >= 15 is 0 Å². The number of benzene rings is 1. The van der Waals surface area contributed by atoms with E-state index in [2.05, 4.69) is 31.2 Å². The first-order chi connectivity index (χ1) is 12.3. The number of nitrogens with one attached hydrogen (secondary N) is 2. The summed E-state index contributed by atoms with van der Waals surface area (Å²) in [6, 6.07) is 8.14. The highest BCUT2D eigenvalue weighted by atomic mass is 16.5. The van der Waals surface area contributed by atoms with Gasteiger partial charge < -0.3 is 24.7 Å². The van der Waals surface area contributed by atoms with Gasteiger partial charge in [-0.25, -0.2) is 4.98 Å². The van der Waals surface area contributed by atoms with Crippen LogP contribution in [0.3, 0.4) is 0 Å². The number of nitrogens with zero attached hydrogens (tertiary/aromatic N) is 3. The number of aliphatic imine (C=N–C) groups is 1. The number of hydrogen-bond acceptors (Lipinski definition) is 4. The summed E-state index contributed by atoms with van der Waals surface area (Å²) in [6.45, 7) is 3.73. The SMILES string of the molecule is CN=C(NCCCOC1CCOC1)NCc1nc2ccccc2n1C. The Hall–Kier alpha value is -2.12. The predicted octanol–water partition coefficient (Wildman–Crippen LogP) is 1.43. The van der Waals surface area contributed by atoms with Crippen LogP contribution >= 0.6 is 0 Å². The molecule has 1 aromatic carbocycles. The second-order valence-corrected chi connectivity index (χ2v) is 6.14. The lowest BCUT2D eigenvalue weighted by atomic mass is 10.3. The monoisotopic (exact) mass is 345 g/mol. The fourth-order valence-corrected chi connectivity index (χ4v) is 2.91. The summed E-state index contributed by atoms with van der Waals surface area (Å²) in [4.78, 5) is 8.92. The number of guanidine groups is 1. The van der Waals surface area contributed by atoms with Crippen molar-refractivity contribution in [2.24, 2.45) is 12.0 Å². The van der Waals surface area contributed by atoms with E-state index in [9.17, 15) is 0 Å². The maximum absolute atomic E-state index is 5.76. The molecule has 1 aliphatic heterocycles. The molecule has 0 amide bonds. The number of ether oxygens (including phenoxy) is 2. The molecule has 2 N–H and O–H groups in total. The van der Waals surface area contributed by atoms with Gasteiger partial charge in [-0.15, -0.1) is 0 Å². The van der Waals surface area contributed by atoms with Gasteiger partial charge in [0.25, 0.3) is 0 Å². The lowest BCUT2D eigenvalue weighted by Crippen LogP contribution is -2.38. The molecule has 1 saturated heterocycles. The zero-order valence-electron chi connectivity index (χ0n) is 15.0. The Labute approximate surface area is 148 Å². The summed E-state index contributed by atoms with van der Waals surface area (Å²) < 4.78 is 13.2. The maximum atomic E-state index is 5.76. The molecule has 1 aliphatic rings. The maximum Gasteiger partial charge on any atom is 0.191 e. The van der Waals surface area contributed by atoms with Crippen LogP contribution in [0.25, 0.3) is 11.0 Å². The number of fused-ring (bicyclic) bond motifs is 1. The van der Waals surface area contributed by atoms with Gasteiger partial charge in [0, 0.05) is 33.9 Å². The van der Waals surface area contributed by atoms with Crippen molar-refractivity contribution in [3.05, 3.63) is 30.1 Å². The number of imidazole rings is 1. The van der Waals surface area contributed by atoms with Crippen LogP contribution in [-0.4, -0.2) is 55.0 Å². The van der Waals surface area contributed by atoms with Gasteiger partial charge in [0.1, 0.15) is 5.82 Å². The average Bonchev–Trinajstić information content (AvgIpc) is 3.26. The van der Waals surface area contributed by atoms with Crippen LogP contribution in [0.2, 0.25) is 0 Å². The molecule has 136 valence electrons. The summed E-state index contributed by atoms with van der Waals surface area (Å²) in [5.41, 5.74) is 2.15. The van der Waals surface area contributed by atoms with Gasteiger partial charge in [-0.3, -0.25) is 4.99 Å². The standard InChI is InChI=1S/C18H27N5O2/c1-19-18(20-9-5-10-25-14-8-11-24-13-14)21-12-17-22-15-6-3-4-7-16(15)23(17)2/h3-4,6-7,14H,5,8-13H2,1-2H3,(H2,19,20,21). The Morgan fingerprint density at radius 2 is 2.28 bits per heavy atom. The third kappa shape index (κ3) is 4.70. The Bertz CT molecular complexity index is 707. The first-order valence-electron chi connectivity index (χ1n) is 8.82. The molecule has 2 heterocycles. The highest BCUT2D eigenvalue weighted by Gasteiger charge is 2.15. The molecule has 0 saturated carbocycles. The van der Waals surface area contributed by atoms with Crippen LogP contribution < -0.4 is 10.6 Å². The Morgan fingerprint density at radius 3 is 3.04 bits per heavy atom. The Morgan fingerprint density at radius 1 is 1.40 bits per heavy atom. The van der Waals surface area contributed by atoms with Crippen LogP contribution in [0.15, 0.2) is 29.3 Å². The Balaban J connectivity index is 1.40. The van der Waals surface area contributed by atoms with Crippen LogP contribution in [0.5, 0.6) is 0 Å². The summed E-state index contributed by atoms with van der Waals surface area (Å²) in [7, 11) is 3.81. The predicted molar refractivity (Wildman–Crippen MR) is 98.7 cm³/mol. The average molecular weight is 345 g/mol. The van der Waals surface area contributed by atoms with Gasteiger partial charge >= 0.3 is 0 Å². The molecule has 7 nitrogen and oxygen atoms in total. The molecule has 7 heteroatoms. The number of hydrogen-bond donors (Lipinski definition) is 2. The summed E-state index contributed by atoms with van der Waals surface area (Å²) in [6.07, 6.45) is 2.22. The van der Waals surface area contributed by atoms with E-state index in [0.717, 1.165) is 62.0 Å². The van der Waals surface area contributed by atoms with E-state index < -0.39 is 0 Å². The molecule has 0 bridgehead atoms. The van der Waals surface area contributed by atoms with Crippen molar-refractivity contribution in [1.29, 1.82) is 0 Å². The van der Waals surface area contributed by atoms with Crippen molar-refractivity contribution in [3.63, 3.8) is 0 Å². The molecule has 1 aromatic heterocycles. The van der Waals surface area contributed by atoms with Gasteiger partial charge in [0.2, 0.25) is 0 Å². The minimum atomic E-state index is 0.273. The lowest BCUT2D eigenvalue weighted by Gasteiger charge is -2.13. The summed E-state index contributed by atoms with van der Waals surface area (Å²) >= 11 is 0. The van der Waals surface area contributed by atoms with Gasteiger partial charge in [0.05, 0.1) is 30.3 Å². The van der Waals surface area contributed by atoms with E-state index in [-0.39, 0.29) is 6.10 Å². The van der Waals surface area contributed by atoms with Crippen LogP contribution in [0.1, 0.15) is 18.7 Å². The summed E-state index contributed by atoms with van der Waals surface area (Å²) in [5.74, 6) is 1.75. The normalized spacial score (nSPS) is 18.0. The van der Waals surface area contributed by atoms with E-state index in [1.165, 1.54) is 0 Å². The van der Waals surface area contributed by atoms with Gasteiger partial charge in [-0.05, 0) is 25.0 Å². The van der Waals surface area contributed by atoms with Gasteiger partial charge in [-0.2, -0.15) is 0 Å². The van der Waals surface area contributed by atoms with Crippen molar-refractivity contribution < 1.29 is 9.47 Å². The molecule has 3 rings (SSSR count). The molecule has 1 fully saturated rings. The number of aromatic nitrogens is 2. The third-order valence-electron chi connectivity index (χ3n) is 4.37. The molecule has 0 spiro atoms. The molecule has 2 aromatic rings. The topological polar surface area (TPSA) is 72.7 Å². The second kappa shape index (κ2) is 8.82. The molecular weight excluding hydrogens is 318 g/mol. The van der Waals surface area contributed by atoms with Crippen LogP contribution in [-0.2, 0) is 23.1 Å².